The van der Waals surface area contributed by atoms with Crippen molar-refractivity contribution >= 4 is 29.7 Å². The van der Waals surface area contributed by atoms with E-state index in [0.717, 1.165) is 182 Å². The Hall–Kier alpha value is -7.59. The highest BCUT2D eigenvalue weighted by molar-refractivity contribution is 5.92. The molecule has 1 atom stereocenters. The lowest BCUT2D eigenvalue weighted by atomic mass is 10.2. The lowest BCUT2D eigenvalue weighted by molar-refractivity contribution is -0.927. The zero-order chi connectivity index (χ0) is 102. The number of carbonyl (C=O) groups excluding carboxylic acids is 5. The van der Waals surface area contributed by atoms with E-state index in [-0.39, 0.29) is 29.7 Å². The summed E-state index contributed by atoms with van der Waals surface area (Å²) in [7, 11) is 38.3. The van der Waals surface area contributed by atoms with Crippen LogP contribution in [0.25, 0.3) is 0 Å². The van der Waals surface area contributed by atoms with Crippen molar-refractivity contribution in [2.24, 2.45) is 0 Å². The van der Waals surface area contributed by atoms with E-state index < -0.39 is 0 Å². The third-order valence-electron chi connectivity index (χ3n) is 21.5. The Kier molecular flexibility index (Phi) is 79.1. The zero-order valence-corrected chi connectivity index (χ0v) is 90.5. The van der Waals surface area contributed by atoms with Gasteiger partial charge in [-0.1, -0.05) is 188 Å². The number of benzene rings is 4. The number of hydrogen-bond acceptors (Lipinski definition) is 11. The van der Waals surface area contributed by atoms with Crippen molar-refractivity contribution in [3.8, 4) is 0 Å². The first-order valence-electron chi connectivity index (χ1n) is 49.0. The molecule has 0 aliphatic carbocycles. The highest BCUT2D eigenvalue weighted by atomic mass is 16.5. The molecule has 132 heavy (non-hydrogen) atoms. The van der Waals surface area contributed by atoms with Crippen LogP contribution in [0.5, 0.6) is 0 Å². The smallest absolute Gasteiger partial charge is 0.333 e. The van der Waals surface area contributed by atoms with E-state index in [1.165, 1.54) is 134 Å². The van der Waals surface area contributed by atoms with E-state index in [4.69, 9.17) is 28.4 Å². The molecule has 0 bridgehead atoms. The Labute approximate surface area is 810 Å². The molecule has 0 heterocycles. The summed E-state index contributed by atoms with van der Waals surface area (Å²) in [5.41, 5.74) is 6.64. The number of ether oxygens (including phenoxy) is 6. The number of esters is 2. The second kappa shape index (κ2) is 78.6. The van der Waals surface area contributed by atoms with E-state index in [0.29, 0.717) is 36.5 Å². The van der Waals surface area contributed by atoms with E-state index in [1.54, 1.807) is 20.8 Å². The van der Waals surface area contributed by atoms with E-state index in [9.17, 15) is 24.0 Å². The number of nitrogens with one attached hydrogen (secondary N) is 3. The van der Waals surface area contributed by atoms with E-state index >= 15 is 0 Å². The first-order valence-corrected chi connectivity index (χ1v) is 49.0. The molecule has 0 saturated carbocycles. The fraction of sp³-hybridized carbons (Fsp3) is 0.642. The molecule has 4 aromatic carbocycles. The highest BCUT2D eigenvalue weighted by Gasteiger charge is 2.26. The summed E-state index contributed by atoms with van der Waals surface area (Å²) in [6.45, 7) is 73.1. The third-order valence-corrected chi connectivity index (χ3v) is 21.5. The van der Waals surface area contributed by atoms with Crippen molar-refractivity contribution in [2.75, 3.05) is 304 Å². The minimum atomic E-state index is -0.337. The second-order valence-corrected chi connectivity index (χ2v) is 40.5. The predicted molar refractivity (Wildman–Crippen MR) is 559 cm³/mol. The van der Waals surface area contributed by atoms with Crippen LogP contribution >= 0.6 is 0 Å². The normalized spacial score (nSPS) is 11.7. The second-order valence-electron chi connectivity index (χ2n) is 40.5. The zero-order valence-electron chi connectivity index (χ0n) is 90.5. The maximum absolute atomic E-state index is 11.1. The molecule has 4 rings (SSSR count). The predicted octanol–water partition coefficient (Wildman–Crippen LogP) is 16.7. The fourth-order valence-electron chi connectivity index (χ4n) is 12.8. The van der Waals surface area contributed by atoms with Crippen LogP contribution in [0.15, 0.2) is 183 Å². The van der Waals surface area contributed by atoms with Crippen LogP contribution in [0.1, 0.15) is 163 Å². The third kappa shape index (κ3) is 87.7. The van der Waals surface area contributed by atoms with Crippen molar-refractivity contribution in [1.82, 2.24) is 16.0 Å². The number of rotatable bonds is 58. The molecule has 3 N–H and O–H groups in total. The van der Waals surface area contributed by atoms with Crippen LogP contribution in [-0.4, -0.2) is 374 Å². The van der Waals surface area contributed by atoms with Gasteiger partial charge in [0.1, 0.15) is 26.2 Å². The van der Waals surface area contributed by atoms with E-state index in [1.807, 2.05) is 30.3 Å². The van der Waals surface area contributed by atoms with Gasteiger partial charge in [-0.3, -0.25) is 14.4 Å². The quantitative estimate of drug-likeness (QED) is 0.0166. The number of quaternary nitrogens is 9. The van der Waals surface area contributed by atoms with Gasteiger partial charge < -0.3 is 84.7 Å². The van der Waals surface area contributed by atoms with Gasteiger partial charge in [0.05, 0.1) is 291 Å². The lowest BCUT2D eigenvalue weighted by Gasteiger charge is -2.37. The largest absolute Gasteiger partial charge is 0.462 e. The average Bonchev–Trinajstić information content (AvgIpc) is 0.884. The molecule has 0 fully saturated rings. The first kappa shape index (κ1) is 133. The monoisotopic (exact) mass is 1860 g/mol. The van der Waals surface area contributed by atoms with Crippen LogP contribution in [-0.2, 0) is 78.8 Å². The van der Waals surface area contributed by atoms with Gasteiger partial charge in [-0.05, 0) is 109 Å². The van der Waals surface area contributed by atoms with Crippen LogP contribution in [0.3, 0.4) is 0 Å². The molecule has 0 radical (unpaired) electrons. The molecule has 3 amide bonds. The van der Waals surface area contributed by atoms with Crippen LogP contribution in [0.4, 0.5) is 0 Å². The lowest BCUT2D eigenvalue weighted by Crippen LogP contribution is -2.51. The maximum Gasteiger partial charge on any atom is 0.333 e. The molecule has 0 aliphatic heterocycles. The molecule has 0 spiro atoms. The molecule has 0 aromatic heterocycles. The average molecular weight is 1860 g/mol. The number of unbranched alkanes of at least 4 members (excludes halogenated alkanes) is 1. The molecule has 4 aromatic rings. The highest BCUT2D eigenvalue weighted by Crippen LogP contribution is 2.15. The van der Waals surface area contributed by atoms with Crippen LogP contribution < -0.4 is 16.0 Å². The number of amides is 3. The van der Waals surface area contributed by atoms with Crippen molar-refractivity contribution in [1.29, 1.82) is 0 Å². The molecule has 23 heteroatoms. The summed E-state index contributed by atoms with van der Waals surface area (Å²) in [6, 6.07) is 41.6. The Morgan fingerprint density at radius 3 is 0.841 bits per heavy atom. The Morgan fingerprint density at radius 2 is 0.568 bits per heavy atom. The van der Waals surface area contributed by atoms with Gasteiger partial charge in [0, 0.05) is 61.6 Å². The Bertz CT molecular complexity index is 3440. The number of hydrogen-bond donors (Lipinski definition) is 3. The number of carbonyl (C=O) groups is 5. The maximum atomic E-state index is 11.1. The van der Waals surface area contributed by atoms with Gasteiger partial charge in [0.2, 0.25) is 17.7 Å². The van der Waals surface area contributed by atoms with Crippen LogP contribution in [0, 0.1) is 0 Å². The Morgan fingerprint density at radius 1 is 0.288 bits per heavy atom. The number of nitrogens with zero attached hydrogens (tertiary/aromatic N) is 9. The van der Waals surface area contributed by atoms with Crippen molar-refractivity contribution in [3.63, 3.8) is 0 Å². The van der Waals surface area contributed by atoms with E-state index in [2.05, 4.69) is 329 Å². The topological polar surface area (TPSA) is 177 Å². The van der Waals surface area contributed by atoms with Gasteiger partial charge in [0.25, 0.3) is 0 Å². The minimum absolute atomic E-state index is 0.0404. The van der Waals surface area contributed by atoms with Gasteiger partial charge in [-0.2, -0.15) is 0 Å². The summed E-state index contributed by atoms with van der Waals surface area (Å²) < 4.78 is 41.9. The summed E-state index contributed by atoms with van der Waals surface area (Å²) in [5.74, 6) is -0.806. The molecule has 0 saturated heterocycles. The molecule has 758 valence electrons. The van der Waals surface area contributed by atoms with Crippen LogP contribution in [0.2, 0.25) is 0 Å². The number of likely N-dealkylation sites (N-methyl/N-ethyl adjacent to an activating group) is 5. The summed E-state index contributed by atoms with van der Waals surface area (Å²) in [4.78, 5) is 54.3. The fourth-order valence-corrected chi connectivity index (χ4v) is 12.8. The molecular weight excluding hydrogens is 1650 g/mol. The minimum Gasteiger partial charge on any atom is -0.462 e. The van der Waals surface area contributed by atoms with Gasteiger partial charge in [0.15, 0.2) is 0 Å². The molecular formula is C109H205N12O11+9. The summed E-state index contributed by atoms with van der Waals surface area (Å²) in [6.07, 6.45) is 12.7. The summed E-state index contributed by atoms with van der Waals surface area (Å²) >= 11 is 0. The van der Waals surface area contributed by atoms with Crippen molar-refractivity contribution < 1.29 is 92.7 Å². The van der Waals surface area contributed by atoms with Gasteiger partial charge in [-0.15, -0.1) is 0 Å². The first-order chi connectivity index (χ1) is 61.7. The molecule has 23 nitrogen and oxygen atoms in total. The standard InChI is InChI=1S/C18H32NO.C17H30NO.C15H26NO.C12H20NO.C10H20N2O.C10H20NO2.2C9H18N2O.C9H18NO2/c1-4-7-14-19(6-3,13-5-2)15-16-20-17-18-11-9-8-10-12-18;1-4-12-18(6-3,13-5-2)14-15-19-16-17-10-8-7-9-11-17;1-4-16(5-2,6-3)12-13-17-14-15-10-8-7-9-11-15;1-13(2,3)9-10-14-11-12-7-5-4-6-8-12;1-9(2)10(13)11-7-6-8-12(3,4)5;1-9(2)10(12)13-8-6-7-11(3,4)5;1-8(2)9(12)10-6-7-11(3,4)5;1-5-9(12)10-7-6-8-11(2,3)4;1-5-9(11)12-8-6-7-10(2,3)4/h8-12H,4-7,13-17H2,1-3H3;7-11H,4-6,12-16H2,1-3H3;7-11H,4-6,12-14H2,1-3H3;4-8H,9-11H2,1-3H3;2*1,6-8H2,2-5H3;1,6-7H2,2-5H3;2*5H,1,6-8H2,2-4H3/q4*+1;;+1;;;+1/p+3. The van der Waals surface area contributed by atoms with Crippen molar-refractivity contribution in [2.45, 2.75) is 167 Å². The summed E-state index contributed by atoms with van der Waals surface area (Å²) in [5, 5.41) is 8.33. The Balaban J connectivity index is -0.000000461. The SMILES string of the molecule is C=C(C)C(=O)NCCC[N+](C)(C)C.C=C(C)C(=O)NCC[N+](C)(C)C.C=C(C)C(=O)OCCC[N+](C)(C)C.C=CC(=O)NCCC[N+](C)(C)C.C=CC(=O)OCCC[N+](C)(C)C.CCCC[N+](CC)(CCC)CCOCc1ccccc1.CCC[N+](CC)(CCC)CCOCc1ccccc1.CC[N+](CC)(CC)CCOCc1ccccc1.C[N+](C)(C)CCOCc1ccccc1. The van der Waals surface area contributed by atoms with Gasteiger partial charge in [-0.25, -0.2) is 9.59 Å². The van der Waals surface area contributed by atoms with Gasteiger partial charge >= 0.3 is 11.9 Å². The van der Waals surface area contributed by atoms with Crippen molar-refractivity contribution in [3.05, 3.63) is 205 Å². The molecule has 1 unspecified atom stereocenters. The molecule has 0 aliphatic rings.